The summed E-state index contributed by atoms with van der Waals surface area (Å²) in [7, 11) is 0. The van der Waals surface area contributed by atoms with Gasteiger partial charge in [-0.2, -0.15) is 0 Å². The first-order valence-electron chi connectivity index (χ1n) is 7.24. The lowest BCUT2D eigenvalue weighted by Crippen LogP contribution is -2.44. The second kappa shape index (κ2) is 5.68. The van der Waals surface area contributed by atoms with E-state index in [0.717, 1.165) is 10.5 Å². The molecule has 0 fully saturated rings. The van der Waals surface area contributed by atoms with Gasteiger partial charge < -0.3 is 4.74 Å². The summed E-state index contributed by atoms with van der Waals surface area (Å²) in [4.78, 5) is 37.9. The van der Waals surface area contributed by atoms with Crippen LogP contribution in [0.5, 0.6) is 5.75 Å². The molecule has 1 atom stereocenters. The van der Waals surface area contributed by atoms with Gasteiger partial charge in [-0.15, -0.1) is 0 Å². The highest BCUT2D eigenvalue weighted by Crippen LogP contribution is 2.25. The van der Waals surface area contributed by atoms with Crippen molar-refractivity contribution in [2.24, 2.45) is 0 Å². The van der Waals surface area contributed by atoms with Crippen LogP contribution in [0.15, 0.2) is 48.5 Å². The third-order valence-corrected chi connectivity index (χ3v) is 3.76. The van der Waals surface area contributed by atoms with E-state index in [1.54, 1.807) is 42.5 Å². The van der Waals surface area contributed by atoms with Crippen molar-refractivity contribution < 1.29 is 19.1 Å². The molecular weight excluding hydrogens is 294 g/mol. The maximum atomic E-state index is 12.4. The van der Waals surface area contributed by atoms with Gasteiger partial charge in [0.25, 0.3) is 11.8 Å². The van der Waals surface area contributed by atoms with Crippen molar-refractivity contribution in [2.45, 2.75) is 19.9 Å². The average molecular weight is 309 g/mol. The maximum absolute atomic E-state index is 12.4. The fourth-order valence-electron chi connectivity index (χ4n) is 2.55. The zero-order valence-electron chi connectivity index (χ0n) is 12.8. The number of carbonyl (C=O) groups is 3. The van der Waals surface area contributed by atoms with Crippen LogP contribution in [-0.2, 0) is 4.79 Å². The molecule has 0 N–H and O–H groups in total. The molecule has 0 saturated carbocycles. The van der Waals surface area contributed by atoms with Crippen LogP contribution in [0.3, 0.4) is 0 Å². The Morgan fingerprint density at radius 3 is 2.17 bits per heavy atom. The summed E-state index contributed by atoms with van der Waals surface area (Å²) in [5.41, 5.74) is 1.57. The Balaban J connectivity index is 1.81. The second-order valence-electron chi connectivity index (χ2n) is 5.44. The lowest BCUT2D eigenvalue weighted by molar-refractivity contribution is -0.138. The highest BCUT2D eigenvalue weighted by Gasteiger charge is 2.41. The first-order valence-corrected chi connectivity index (χ1v) is 7.24. The van der Waals surface area contributed by atoms with E-state index in [-0.39, 0.29) is 0 Å². The largest absolute Gasteiger partial charge is 0.425 e. The van der Waals surface area contributed by atoms with Gasteiger partial charge in [0.15, 0.2) is 0 Å². The number of aryl methyl sites for hydroxylation is 1. The normalized spacial score (nSPS) is 14.6. The van der Waals surface area contributed by atoms with Crippen molar-refractivity contribution in [3.8, 4) is 5.75 Å². The number of hydrogen-bond acceptors (Lipinski definition) is 4. The van der Waals surface area contributed by atoms with Crippen LogP contribution in [0.1, 0.15) is 33.2 Å². The molecule has 2 aromatic carbocycles. The molecule has 5 nitrogen and oxygen atoms in total. The van der Waals surface area contributed by atoms with Crippen molar-refractivity contribution in [1.82, 2.24) is 4.90 Å². The molecule has 0 radical (unpaired) electrons. The second-order valence-corrected chi connectivity index (χ2v) is 5.44. The third-order valence-electron chi connectivity index (χ3n) is 3.76. The minimum atomic E-state index is -0.997. The standard InChI is InChI=1S/C18H15NO4/c1-11-6-5-7-13(10-11)23-18(22)12(2)19-16(20)14-8-3-4-9-15(14)17(19)21/h3-10,12H,1-2H3/t12-/m0/s1. The zero-order chi connectivity index (χ0) is 16.6. The van der Waals surface area contributed by atoms with Gasteiger partial charge in [0.1, 0.15) is 11.8 Å². The van der Waals surface area contributed by atoms with Crippen LogP contribution < -0.4 is 4.74 Å². The number of amides is 2. The summed E-state index contributed by atoms with van der Waals surface area (Å²) in [5, 5.41) is 0. The number of benzene rings is 2. The number of carbonyl (C=O) groups excluding carboxylic acids is 3. The Bertz CT molecular complexity index is 777. The Kier molecular flexibility index (Phi) is 3.70. The molecule has 0 bridgehead atoms. The molecule has 23 heavy (non-hydrogen) atoms. The summed E-state index contributed by atoms with van der Waals surface area (Å²) in [6.07, 6.45) is 0. The minimum absolute atomic E-state index is 0.313. The fourth-order valence-corrected chi connectivity index (χ4v) is 2.55. The van der Waals surface area contributed by atoms with Crippen molar-refractivity contribution in [3.63, 3.8) is 0 Å². The fraction of sp³-hybridized carbons (Fsp3) is 0.167. The molecule has 0 spiro atoms. The first-order chi connectivity index (χ1) is 11.0. The number of nitrogens with zero attached hydrogens (tertiary/aromatic N) is 1. The first kappa shape index (κ1) is 15.0. The number of rotatable bonds is 3. The van der Waals surface area contributed by atoms with Gasteiger partial charge in [0, 0.05) is 0 Å². The van der Waals surface area contributed by atoms with Gasteiger partial charge in [0.05, 0.1) is 11.1 Å². The summed E-state index contributed by atoms with van der Waals surface area (Å²) in [6, 6.07) is 12.5. The minimum Gasteiger partial charge on any atom is -0.425 e. The molecular formula is C18H15NO4. The molecule has 5 heteroatoms. The van der Waals surface area contributed by atoms with Crippen LogP contribution in [0.2, 0.25) is 0 Å². The van der Waals surface area contributed by atoms with Crippen LogP contribution in [-0.4, -0.2) is 28.7 Å². The lowest BCUT2D eigenvalue weighted by Gasteiger charge is -2.20. The maximum Gasteiger partial charge on any atom is 0.334 e. The highest BCUT2D eigenvalue weighted by molar-refractivity contribution is 6.22. The van der Waals surface area contributed by atoms with Crippen molar-refractivity contribution in [3.05, 3.63) is 65.2 Å². The molecule has 0 saturated heterocycles. The number of fused-ring (bicyclic) bond motifs is 1. The van der Waals surface area contributed by atoms with Crippen LogP contribution >= 0.6 is 0 Å². The summed E-state index contributed by atoms with van der Waals surface area (Å²) in [6.45, 7) is 3.37. The molecule has 1 aliphatic rings. The molecule has 116 valence electrons. The van der Waals surface area contributed by atoms with Gasteiger partial charge in [-0.25, -0.2) is 4.79 Å². The molecule has 0 unspecified atom stereocenters. The van der Waals surface area contributed by atoms with Gasteiger partial charge in [-0.1, -0.05) is 24.3 Å². The molecule has 1 heterocycles. The van der Waals surface area contributed by atoms with Crippen LogP contribution in [0, 0.1) is 6.92 Å². The van der Waals surface area contributed by atoms with Gasteiger partial charge in [-0.05, 0) is 43.7 Å². The van der Waals surface area contributed by atoms with E-state index in [1.807, 2.05) is 13.0 Å². The van der Waals surface area contributed by atoms with E-state index in [0.29, 0.717) is 16.9 Å². The van der Waals surface area contributed by atoms with Crippen molar-refractivity contribution in [1.29, 1.82) is 0 Å². The third kappa shape index (κ3) is 2.61. The van der Waals surface area contributed by atoms with E-state index < -0.39 is 23.8 Å². The van der Waals surface area contributed by atoms with E-state index in [9.17, 15) is 14.4 Å². The van der Waals surface area contributed by atoms with Gasteiger partial charge in [0.2, 0.25) is 0 Å². The van der Waals surface area contributed by atoms with Crippen molar-refractivity contribution >= 4 is 17.8 Å². The van der Waals surface area contributed by atoms with Crippen molar-refractivity contribution in [2.75, 3.05) is 0 Å². The molecule has 3 rings (SSSR count). The van der Waals surface area contributed by atoms with Crippen LogP contribution in [0.4, 0.5) is 0 Å². The van der Waals surface area contributed by atoms with E-state index in [4.69, 9.17) is 4.74 Å². The molecule has 2 aromatic rings. The summed E-state index contributed by atoms with van der Waals surface area (Å²) in [5.74, 6) is -1.21. The smallest absolute Gasteiger partial charge is 0.334 e. The van der Waals surface area contributed by atoms with Gasteiger partial charge >= 0.3 is 5.97 Å². The number of ether oxygens (including phenoxy) is 1. The number of hydrogen-bond donors (Lipinski definition) is 0. The summed E-state index contributed by atoms with van der Waals surface area (Å²) >= 11 is 0. The Morgan fingerprint density at radius 2 is 1.61 bits per heavy atom. The topological polar surface area (TPSA) is 63.7 Å². The average Bonchev–Trinajstić information content (AvgIpc) is 2.79. The lowest BCUT2D eigenvalue weighted by atomic mass is 10.1. The quantitative estimate of drug-likeness (QED) is 0.496. The molecule has 0 aliphatic carbocycles. The van der Waals surface area contributed by atoms with Gasteiger partial charge in [-0.3, -0.25) is 14.5 Å². The predicted octanol–water partition coefficient (Wildman–Crippen LogP) is 2.59. The van der Waals surface area contributed by atoms with E-state index in [1.165, 1.54) is 6.92 Å². The zero-order valence-corrected chi connectivity index (χ0v) is 12.8. The number of esters is 1. The van der Waals surface area contributed by atoms with E-state index in [2.05, 4.69) is 0 Å². The SMILES string of the molecule is Cc1cccc(OC(=O)[C@H](C)N2C(=O)c3ccccc3C2=O)c1. The molecule has 1 aliphatic heterocycles. The monoisotopic (exact) mass is 309 g/mol. The molecule has 2 amide bonds. The predicted molar refractivity (Wildman–Crippen MR) is 83.2 cm³/mol. The Hall–Kier alpha value is -2.95. The van der Waals surface area contributed by atoms with E-state index >= 15 is 0 Å². The Morgan fingerprint density at radius 1 is 1.00 bits per heavy atom. The Labute approximate surface area is 133 Å². The number of imide groups is 1. The highest BCUT2D eigenvalue weighted by atomic mass is 16.5. The van der Waals surface area contributed by atoms with Crippen LogP contribution in [0.25, 0.3) is 0 Å². The summed E-state index contributed by atoms with van der Waals surface area (Å²) < 4.78 is 5.28. The molecule has 0 aromatic heterocycles.